The summed E-state index contributed by atoms with van der Waals surface area (Å²) >= 11 is 0. The van der Waals surface area contributed by atoms with Gasteiger partial charge in [0.15, 0.2) is 6.79 Å². The van der Waals surface area contributed by atoms with Gasteiger partial charge < -0.3 is 14.9 Å². The van der Waals surface area contributed by atoms with Crippen molar-refractivity contribution in [3.63, 3.8) is 0 Å². The molecule has 0 aliphatic carbocycles. The fourth-order valence-corrected chi connectivity index (χ4v) is 2.83. The van der Waals surface area contributed by atoms with Crippen molar-refractivity contribution in [1.82, 2.24) is 0 Å². The van der Waals surface area contributed by atoms with E-state index in [4.69, 9.17) is 19.4 Å². The normalized spacial score (nSPS) is 17.5. The summed E-state index contributed by atoms with van der Waals surface area (Å²) in [6, 6.07) is 0. The van der Waals surface area contributed by atoms with Gasteiger partial charge in [-0.05, 0) is 20.8 Å². The number of phosphoric acid groups is 2. The lowest BCUT2D eigenvalue weighted by Gasteiger charge is -2.25. The van der Waals surface area contributed by atoms with Crippen LogP contribution in [0.2, 0.25) is 0 Å². The summed E-state index contributed by atoms with van der Waals surface area (Å²) in [7, 11) is -9.50. The molecule has 10 heteroatoms. The molecule has 0 aromatic heterocycles. The first-order chi connectivity index (χ1) is 6.47. The van der Waals surface area contributed by atoms with E-state index >= 15 is 0 Å². The molecule has 0 radical (unpaired) electrons. The van der Waals surface area contributed by atoms with Gasteiger partial charge in [-0.3, -0.25) is 9.05 Å². The predicted octanol–water partition coefficient (Wildman–Crippen LogP) is 0.985. The summed E-state index contributed by atoms with van der Waals surface area (Å²) in [6.45, 7) is 3.38. The van der Waals surface area contributed by atoms with Crippen LogP contribution >= 0.6 is 15.6 Å². The van der Waals surface area contributed by atoms with Crippen LogP contribution in [0.15, 0.2) is 0 Å². The highest BCUT2D eigenvalue weighted by atomic mass is 31.3. The first-order valence-electron chi connectivity index (χ1n) is 3.80. The Hall–Kier alpha value is 0.220. The Kier molecular flexibility index (Phi) is 5.11. The van der Waals surface area contributed by atoms with Gasteiger partial charge in [-0.2, -0.15) is 4.31 Å². The maximum Gasteiger partial charge on any atom is 0.486 e. The fourth-order valence-electron chi connectivity index (χ4n) is 0.603. The SMILES string of the molecule is CC(C)(C)OP(=O)(OCO)OP(=O)(O)O. The van der Waals surface area contributed by atoms with Crippen LogP contribution in [-0.2, 0) is 22.5 Å². The Morgan fingerprint density at radius 3 is 1.93 bits per heavy atom. The first-order valence-corrected chi connectivity index (χ1v) is 6.80. The number of aliphatic hydroxyl groups excluding tert-OH is 1. The summed E-state index contributed by atoms with van der Waals surface area (Å²) in [5, 5.41) is 8.39. The monoisotopic (exact) mass is 264 g/mol. The topological polar surface area (TPSA) is 123 Å². The standard InChI is InChI=1S/C5H14O8P2/c1-5(2,3)12-15(10,11-4-6)13-14(7,8)9/h6H,4H2,1-3H3,(H2,7,8,9). The maximum absolute atomic E-state index is 11.5. The van der Waals surface area contributed by atoms with E-state index in [1.807, 2.05) is 0 Å². The van der Waals surface area contributed by atoms with Crippen molar-refractivity contribution in [1.29, 1.82) is 0 Å². The smallest absolute Gasteiger partial charge is 0.370 e. The van der Waals surface area contributed by atoms with E-state index in [0.29, 0.717) is 0 Å². The quantitative estimate of drug-likeness (QED) is 0.496. The lowest BCUT2D eigenvalue weighted by molar-refractivity contribution is 0.0172. The zero-order valence-corrected chi connectivity index (χ0v) is 10.3. The Balaban J connectivity index is 4.76. The molecule has 92 valence electrons. The minimum Gasteiger partial charge on any atom is -0.370 e. The van der Waals surface area contributed by atoms with Gasteiger partial charge in [-0.1, -0.05) is 0 Å². The first kappa shape index (κ1) is 15.2. The second-order valence-corrected chi connectivity index (χ2v) is 6.45. The molecule has 0 aromatic rings. The minimum absolute atomic E-state index is 1.01. The molecule has 0 aliphatic heterocycles. The predicted molar refractivity (Wildman–Crippen MR) is 49.7 cm³/mol. The van der Waals surface area contributed by atoms with Crippen LogP contribution in [0.4, 0.5) is 0 Å². The van der Waals surface area contributed by atoms with E-state index in [9.17, 15) is 9.13 Å². The van der Waals surface area contributed by atoms with Crippen molar-refractivity contribution in [2.75, 3.05) is 6.79 Å². The molecule has 0 amide bonds. The summed E-state index contributed by atoms with van der Waals surface area (Å²) in [5.41, 5.74) is -1.01. The van der Waals surface area contributed by atoms with Gasteiger partial charge in [0.2, 0.25) is 0 Å². The van der Waals surface area contributed by atoms with Crippen LogP contribution in [0.1, 0.15) is 20.8 Å². The number of hydrogen-bond donors (Lipinski definition) is 3. The van der Waals surface area contributed by atoms with Crippen molar-refractivity contribution >= 4 is 15.6 Å². The van der Waals surface area contributed by atoms with Gasteiger partial charge >= 0.3 is 15.6 Å². The molecular formula is C5H14O8P2. The highest BCUT2D eigenvalue weighted by molar-refractivity contribution is 7.61. The van der Waals surface area contributed by atoms with Crippen LogP contribution in [-0.4, -0.2) is 27.3 Å². The second-order valence-electron chi connectivity index (χ2n) is 3.48. The van der Waals surface area contributed by atoms with Crippen LogP contribution in [0.5, 0.6) is 0 Å². The van der Waals surface area contributed by atoms with Crippen molar-refractivity contribution in [3.05, 3.63) is 0 Å². The Morgan fingerprint density at radius 2 is 1.67 bits per heavy atom. The molecule has 1 unspecified atom stereocenters. The number of hydrogen-bond acceptors (Lipinski definition) is 6. The zero-order chi connectivity index (χ0) is 12.3. The molecule has 0 saturated heterocycles. The third kappa shape index (κ3) is 8.07. The molecule has 0 aromatic carbocycles. The number of aliphatic hydroxyl groups is 1. The molecule has 1 atom stereocenters. The zero-order valence-electron chi connectivity index (χ0n) is 8.48. The molecule has 8 nitrogen and oxygen atoms in total. The van der Waals surface area contributed by atoms with Crippen LogP contribution in [0.25, 0.3) is 0 Å². The van der Waals surface area contributed by atoms with Crippen molar-refractivity contribution in [3.8, 4) is 0 Å². The third-order valence-electron chi connectivity index (χ3n) is 0.808. The average Bonchev–Trinajstić information content (AvgIpc) is 1.74. The highest BCUT2D eigenvalue weighted by Crippen LogP contribution is 2.62. The van der Waals surface area contributed by atoms with E-state index in [1.165, 1.54) is 20.8 Å². The van der Waals surface area contributed by atoms with E-state index in [0.717, 1.165) is 0 Å². The van der Waals surface area contributed by atoms with Crippen LogP contribution in [0.3, 0.4) is 0 Å². The average molecular weight is 264 g/mol. The lowest BCUT2D eigenvalue weighted by atomic mass is 10.2. The molecule has 0 spiro atoms. The Labute approximate surface area is 87.0 Å². The van der Waals surface area contributed by atoms with Crippen LogP contribution < -0.4 is 0 Å². The van der Waals surface area contributed by atoms with E-state index < -0.39 is 28.0 Å². The highest BCUT2D eigenvalue weighted by Gasteiger charge is 2.39. The van der Waals surface area contributed by atoms with Crippen molar-refractivity contribution in [2.45, 2.75) is 26.4 Å². The number of rotatable bonds is 5. The van der Waals surface area contributed by atoms with Gasteiger partial charge in [-0.15, -0.1) is 0 Å². The van der Waals surface area contributed by atoms with Crippen molar-refractivity contribution in [2.24, 2.45) is 0 Å². The molecule has 0 rings (SSSR count). The number of phosphoric ester groups is 1. The van der Waals surface area contributed by atoms with Gasteiger partial charge in [0.25, 0.3) is 0 Å². The second kappa shape index (κ2) is 5.03. The molecule has 0 fully saturated rings. The molecule has 0 bridgehead atoms. The van der Waals surface area contributed by atoms with Gasteiger partial charge in [0.05, 0.1) is 5.60 Å². The van der Waals surface area contributed by atoms with Crippen molar-refractivity contribution < 1.29 is 37.4 Å². The minimum atomic E-state index is -5.03. The van der Waals surface area contributed by atoms with Crippen LogP contribution in [0, 0.1) is 0 Å². The fraction of sp³-hybridized carbons (Fsp3) is 1.00. The summed E-state index contributed by atoms with van der Waals surface area (Å²) < 4.78 is 34.7. The Bertz CT molecular complexity index is 288. The van der Waals surface area contributed by atoms with Gasteiger partial charge in [0, 0.05) is 0 Å². The molecule has 15 heavy (non-hydrogen) atoms. The molecule has 0 aliphatic rings. The maximum atomic E-state index is 11.5. The summed E-state index contributed by atoms with van der Waals surface area (Å²) in [6.07, 6.45) is 0. The third-order valence-corrected chi connectivity index (χ3v) is 3.66. The molecule has 0 saturated carbocycles. The largest absolute Gasteiger partial charge is 0.486 e. The van der Waals surface area contributed by atoms with E-state index in [1.54, 1.807) is 0 Å². The molecule has 0 heterocycles. The molecule has 3 N–H and O–H groups in total. The summed E-state index contributed by atoms with van der Waals surface area (Å²) in [5.74, 6) is 0. The molecular weight excluding hydrogens is 250 g/mol. The van der Waals surface area contributed by atoms with Gasteiger partial charge in [-0.25, -0.2) is 9.13 Å². The van der Waals surface area contributed by atoms with E-state index in [2.05, 4.69) is 8.83 Å². The summed E-state index contributed by atoms with van der Waals surface area (Å²) in [4.78, 5) is 16.9. The Morgan fingerprint density at radius 1 is 1.20 bits per heavy atom. The van der Waals surface area contributed by atoms with E-state index in [-0.39, 0.29) is 0 Å². The lowest BCUT2D eigenvalue weighted by Crippen LogP contribution is -2.19. The van der Waals surface area contributed by atoms with Gasteiger partial charge in [0.1, 0.15) is 0 Å².